The van der Waals surface area contributed by atoms with Gasteiger partial charge in [-0.3, -0.25) is 14.9 Å². The average Bonchev–Trinajstić information content (AvgIpc) is 2.78. The minimum Gasteiger partial charge on any atom is -0.453 e. The van der Waals surface area contributed by atoms with E-state index in [0.717, 1.165) is 0 Å². The van der Waals surface area contributed by atoms with Gasteiger partial charge in [0.1, 0.15) is 5.76 Å². The Labute approximate surface area is 110 Å². The monoisotopic (exact) mass is 343 g/mol. The van der Waals surface area contributed by atoms with Crippen LogP contribution in [0.5, 0.6) is 0 Å². The number of carbonyl (C=O) groups excluding carboxylic acids is 1. The predicted molar refractivity (Wildman–Crippen MR) is 68.9 cm³/mol. The maximum atomic E-state index is 10.8. The Kier molecular flexibility index (Phi) is 3.23. The maximum Gasteiger partial charge on any atom is 0.283 e. The van der Waals surface area contributed by atoms with Gasteiger partial charge in [0.15, 0.2) is 12.0 Å². The fourth-order valence-corrected chi connectivity index (χ4v) is 1.91. The van der Waals surface area contributed by atoms with Crippen molar-refractivity contribution in [1.82, 2.24) is 0 Å². The topological polar surface area (TPSA) is 73.3 Å². The molecule has 6 heteroatoms. The molecule has 0 saturated heterocycles. The Morgan fingerprint density at radius 3 is 2.65 bits per heavy atom. The standard InChI is InChI=1S/C11H6INO4/c12-9-3-1-7(5-10(9)13(15)16)11-4-2-8(6-14)17-11/h1-6H. The zero-order valence-electron chi connectivity index (χ0n) is 8.42. The predicted octanol–water partition coefficient (Wildman–Crippen LogP) is 3.27. The zero-order chi connectivity index (χ0) is 12.4. The van der Waals surface area contributed by atoms with Crippen LogP contribution in [-0.2, 0) is 0 Å². The number of nitrogens with zero attached hydrogens (tertiary/aromatic N) is 1. The van der Waals surface area contributed by atoms with E-state index >= 15 is 0 Å². The third kappa shape index (κ3) is 2.36. The highest BCUT2D eigenvalue weighted by molar-refractivity contribution is 14.1. The number of hydrogen-bond donors (Lipinski definition) is 0. The third-order valence-electron chi connectivity index (χ3n) is 2.17. The highest BCUT2D eigenvalue weighted by Crippen LogP contribution is 2.28. The number of aldehydes is 1. The van der Waals surface area contributed by atoms with Crippen molar-refractivity contribution in [2.45, 2.75) is 0 Å². The smallest absolute Gasteiger partial charge is 0.283 e. The van der Waals surface area contributed by atoms with E-state index < -0.39 is 4.92 Å². The number of carbonyl (C=O) groups is 1. The van der Waals surface area contributed by atoms with Crippen LogP contribution in [0.15, 0.2) is 34.7 Å². The second-order valence-electron chi connectivity index (χ2n) is 3.24. The summed E-state index contributed by atoms with van der Waals surface area (Å²) in [6.45, 7) is 0. The van der Waals surface area contributed by atoms with Crippen LogP contribution in [-0.4, -0.2) is 11.2 Å². The molecule has 1 heterocycles. The van der Waals surface area contributed by atoms with Crippen molar-refractivity contribution in [1.29, 1.82) is 0 Å². The van der Waals surface area contributed by atoms with Gasteiger partial charge in [0.25, 0.3) is 5.69 Å². The lowest BCUT2D eigenvalue weighted by Gasteiger charge is -1.99. The molecular formula is C11H6INO4. The van der Waals surface area contributed by atoms with Crippen molar-refractivity contribution in [3.63, 3.8) is 0 Å². The average molecular weight is 343 g/mol. The molecule has 0 spiro atoms. The molecule has 0 amide bonds. The first-order valence-corrected chi connectivity index (χ1v) is 5.69. The molecule has 1 aromatic carbocycles. The fourth-order valence-electron chi connectivity index (χ4n) is 1.38. The number of benzene rings is 1. The summed E-state index contributed by atoms with van der Waals surface area (Å²) in [6, 6.07) is 7.90. The van der Waals surface area contributed by atoms with Gasteiger partial charge >= 0.3 is 0 Å². The summed E-state index contributed by atoms with van der Waals surface area (Å²) in [6.07, 6.45) is 0.588. The number of nitro benzene ring substituents is 1. The molecule has 0 aliphatic heterocycles. The molecule has 0 bridgehead atoms. The molecule has 0 saturated carbocycles. The van der Waals surface area contributed by atoms with Crippen LogP contribution in [0.1, 0.15) is 10.6 Å². The van der Waals surface area contributed by atoms with Gasteiger partial charge in [0.05, 0.1) is 8.49 Å². The number of halogens is 1. The SMILES string of the molecule is O=Cc1ccc(-c2ccc(I)c([N+](=O)[O-])c2)o1. The van der Waals surface area contributed by atoms with Gasteiger partial charge in [0, 0.05) is 11.6 Å². The van der Waals surface area contributed by atoms with Gasteiger partial charge in [0.2, 0.25) is 0 Å². The van der Waals surface area contributed by atoms with E-state index in [4.69, 9.17) is 4.42 Å². The molecule has 0 radical (unpaired) electrons. The van der Waals surface area contributed by atoms with Crippen molar-refractivity contribution in [2.24, 2.45) is 0 Å². The number of hydrogen-bond acceptors (Lipinski definition) is 4. The molecule has 2 rings (SSSR count). The largest absolute Gasteiger partial charge is 0.453 e. The highest BCUT2D eigenvalue weighted by atomic mass is 127. The Bertz CT molecular complexity index is 591. The minimum absolute atomic E-state index is 0.0205. The van der Waals surface area contributed by atoms with Crippen LogP contribution in [0.2, 0.25) is 0 Å². The van der Waals surface area contributed by atoms with Crippen LogP contribution in [0.4, 0.5) is 5.69 Å². The third-order valence-corrected chi connectivity index (χ3v) is 3.08. The summed E-state index contributed by atoms with van der Waals surface area (Å²) in [7, 11) is 0. The zero-order valence-corrected chi connectivity index (χ0v) is 10.6. The quantitative estimate of drug-likeness (QED) is 0.371. The first kappa shape index (κ1) is 11.8. The van der Waals surface area contributed by atoms with E-state index in [1.54, 1.807) is 18.2 Å². The first-order valence-electron chi connectivity index (χ1n) is 4.61. The minimum atomic E-state index is -0.450. The summed E-state index contributed by atoms with van der Waals surface area (Å²) in [4.78, 5) is 20.8. The molecule has 0 unspecified atom stereocenters. The lowest BCUT2D eigenvalue weighted by atomic mass is 10.1. The molecule has 0 aliphatic rings. The van der Waals surface area contributed by atoms with Crippen molar-refractivity contribution < 1.29 is 14.1 Å². The molecule has 5 nitrogen and oxygen atoms in total. The van der Waals surface area contributed by atoms with Gasteiger partial charge < -0.3 is 4.42 Å². The van der Waals surface area contributed by atoms with E-state index in [2.05, 4.69) is 0 Å². The Balaban J connectivity index is 2.49. The van der Waals surface area contributed by atoms with Crippen LogP contribution in [0.3, 0.4) is 0 Å². The summed E-state index contributed by atoms with van der Waals surface area (Å²) >= 11 is 1.90. The molecule has 2 aromatic rings. The van der Waals surface area contributed by atoms with Gasteiger partial charge in [-0.1, -0.05) is 0 Å². The first-order chi connectivity index (χ1) is 8.11. The molecule has 0 N–H and O–H groups in total. The van der Waals surface area contributed by atoms with Crippen molar-refractivity contribution in [3.05, 3.63) is 49.8 Å². The van der Waals surface area contributed by atoms with Gasteiger partial charge in [-0.05, 0) is 46.9 Å². The van der Waals surface area contributed by atoms with Crippen molar-refractivity contribution >= 4 is 34.6 Å². The molecule has 17 heavy (non-hydrogen) atoms. The number of furan rings is 1. The normalized spacial score (nSPS) is 10.2. The van der Waals surface area contributed by atoms with Gasteiger partial charge in [-0.15, -0.1) is 0 Å². The van der Waals surface area contributed by atoms with Crippen LogP contribution in [0, 0.1) is 13.7 Å². The Morgan fingerprint density at radius 2 is 2.06 bits per heavy atom. The Morgan fingerprint density at radius 1 is 1.29 bits per heavy atom. The van der Waals surface area contributed by atoms with Crippen molar-refractivity contribution in [2.75, 3.05) is 0 Å². The second-order valence-corrected chi connectivity index (χ2v) is 4.41. The lowest BCUT2D eigenvalue weighted by molar-refractivity contribution is -0.385. The summed E-state index contributed by atoms with van der Waals surface area (Å²) in [5.41, 5.74) is 0.595. The molecular weight excluding hydrogens is 337 g/mol. The molecule has 86 valence electrons. The number of nitro groups is 1. The van der Waals surface area contributed by atoms with Crippen molar-refractivity contribution in [3.8, 4) is 11.3 Å². The summed E-state index contributed by atoms with van der Waals surface area (Å²) in [5, 5.41) is 10.8. The maximum absolute atomic E-state index is 10.8. The van der Waals surface area contributed by atoms with E-state index in [-0.39, 0.29) is 11.4 Å². The lowest BCUT2D eigenvalue weighted by Crippen LogP contribution is -1.91. The highest BCUT2D eigenvalue weighted by Gasteiger charge is 2.14. The van der Waals surface area contributed by atoms with Crippen LogP contribution < -0.4 is 0 Å². The van der Waals surface area contributed by atoms with E-state index in [9.17, 15) is 14.9 Å². The fraction of sp³-hybridized carbons (Fsp3) is 0. The summed E-state index contributed by atoms with van der Waals surface area (Å²) < 4.78 is 5.75. The molecule has 0 aliphatic carbocycles. The van der Waals surface area contributed by atoms with Crippen LogP contribution >= 0.6 is 22.6 Å². The van der Waals surface area contributed by atoms with E-state index in [1.807, 2.05) is 22.6 Å². The van der Waals surface area contributed by atoms with Gasteiger partial charge in [-0.2, -0.15) is 0 Å². The Hall–Kier alpha value is -1.70. The second kappa shape index (κ2) is 4.66. The number of rotatable bonds is 3. The van der Waals surface area contributed by atoms with Crippen LogP contribution in [0.25, 0.3) is 11.3 Å². The molecule has 0 atom stereocenters. The van der Waals surface area contributed by atoms with E-state index in [1.165, 1.54) is 12.1 Å². The molecule has 1 aromatic heterocycles. The summed E-state index contributed by atoms with van der Waals surface area (Å²) in [5.74, 6) is 0.632. The van der Waals surface area contributed by atoms with E-state index in [0.29, 0.717) is 21.2 Å². The van der Waals surface area contributed by atoms with Gasteiger partial charge in [-0.25, -0.2) is 0 Å². The molecule has 0 fully saturated rings.